The molecule has 5 heteroatoms. The van der Waals surface area contributed by atoms with Gasteiger partial charge in [0.05, 0.1) is 16.7 Å². The summed E-state index contributed by atoms with van der Waals surface area (Å²) in [6.45, 7) is 4.28. The molecule has 180 valence electrons. The van der Waals surface area contributed by atoms with E-state index in [1.807, 2.05) is 54.6 Å². The molecule has 4 aromatic carbocycles. The molecular formula is C32H23IrN3S+. The molecule has 6 aromatic rings. The Balaban J connectivity index is 0.000000183. The predicted molar refractivity (Wildman–Crippen MR) is 145 cm³/mol. The molecule has 0 atom stereocenters. The van der Waals surface area contributed by atoms with Crippen molar-refractivity contribution in [3.05, 3.63) is 133 Å². The average molecular weight is 674 g/mol. The summed E-state index contributed by atoms with van der Waals surface area (Å²) in [5.41, 5.74) is 9.14. The maximum atomic E-state index is 4.22. The molecule has 0 N–H and O–H groups in total. The van der Waals surface area contributed by atoms with E-state index in [0.717, 1.165) is 22.6 Å². The smallest absolute Gasteiger partial charge is 0.313 e. The van der Waals surface area contributed by atoms with Crippen LogP contribution in [-0.2, 0) is 20.1 Å². The molecule has 0 aliphatic carbocycles. The minimum absolute atomic E-state index is 0. The zero-order valence-electron chi connectivity index (χ0n) is 20.4. The second-order valence-corrected chi connectivity index (χ2v) is 9.80. The van der Waals surface area contributed by atoms with Crippen molar-refractivity contribution in [2.75, 3.05) is 0 Å². The van der Waals surface area contributed by atoms with Crippen LogP contribution in [0, 0.1) is 32.3 Å². The van der Waals surface area contributed by atoms with E-state index in [1.165, 1.54) is 32.0 Å². The Bertz CT molecular complexity index is 1620. The number of benzene rings is 4. The van der Waals surface area contributed by atoms with Crippen LogP contribution in [0.15, 0.2) is 113 Å². The molecule has 2 aromatic heterocycles. The first-order valence-corrected chi connectivity index (χ1v) is 12.6. The predicted octanol–water partition coefficient (Wildman–Crippen LogP) is 7.14. The second kappa shape index (κ2) is 10.9. The van der Waals surface area contributed by atoms with E-state index in [4.69, 9.17) is 0 Å². The molecule has 0 saturated carbocycles. The summed E-state index contributed by atoms with van der Waals surface area (Å²) in [5, 5.41) is 0. The first-order chi connectivity index (χ1) is 17.7. The van der Waals surface area contributed by atoms with Gasteiger partial charge in [-0.25, -0.2) is 0 Å². The number of hydrogen-bond acceptors (Lipinski definition) is 2. The minimum Gasteiger partial charge on any atom is -0.313 e. The number of imidazole rings is 1. The molecule has 3 nitrogen and oxygen atoms in total. The normalized spacial score (nSPS) is 11.2. The van der Waals surface area contributed by atoms with Gasteiger partial charge in [-0.15, -0.1) is 35.9 Å². The standard InChI is InChI=1S/C21H15N2S.C11H8N.Ir/c1-14-10-15(2)12-16(11-14)22-13-23-17-6-3-4-8-19(17)24-20-9-5-7-18(22)21(20)23;1-2-6-10(7-3-1)11-8-4-5-9-12-11;/h3-5,7-12H,1-2H3;1-6,8-9H;/q2*-1;+3. The fraction of sp³-hybridized carbons (Fsp3) is 0.0625. The minimum atomic E-state index is 0. The number of hydrogen-bond donors (Lipinski definition) is 0. The Morgan fingerprint density at radius 3 is 2.32 bits per heavy atom. The summed E-state index contributed by atoms with van der Waals surface area (Å²) >= 11 is 1.80. The van der Waals surface area contributed by atoms with Crippen molar-refractivity contribution in [2.45, 2.75) is 23.6 Å². The van der Waals surface area contributed by atoms with Gasteiger partial charge in [-0.05, 0) is 43.4 Å². The third-order valence-electron chi connectivity index (χ3n) is 6.00. The zero-order chi connectivity index (χ0) is 24.5. The van der Waals surface area contributed by atoms with Gasteiger partial charge in [-0.2, -0.15) is 36.0 Å². The van der Waals surface area contributed by atoms with Gasteiger partial charge in [0.1, 0.15) is 0 Å². The number of pyridine rings is 1. The van der Waals surface area contributed by atoms with Crippen LogP contribution in [-0.4, -0.2) is 9.55 Å². The number of aromatic nitrogens is 3. The molecule has 0 amide bonds. The number of para-hydroxylation sites is 2. The Labute approximate surface area is 235 Å². The van der Waals surface area contributed by atoms with Crippen molar-refractivity contribution in [3.8, 4) is 22.6 Å². The Hall–Kier alpha value is -3.50. The molecule has 0 unspecified atom stereocenters. The topological polar surface area (TPSA) is 21.7 Å². The van der Waals surface area contributed by atoms with Crippen molar-refractivity contribution in [3.63, 3.8) is 0 Å². The van der Waals surface area contributed by atoms with Crippen LogP contribution in [0.3, 0.4) is 0 Å². The van der Waals surface area contributed by atoms with Gasteiger partial charge >= 0.3 is 20.1 Å². The number of fused-ring (bicyclic) bond motifs is 2. The second-order valence-electron chi connectivity index (χ2n) is 8.72. The third kappa shape index (κ3) is 5.03. The van der Waals surface area contributed by atoms with E-state index in [0.29, 0.717) is 0 Å². The Kier molecular flexibility index (Phi) is 7.38. The van der Waals surface area contributed by atoms with Crippen LogP contribution in [0.5, 0.6) is 0 Å². The van der Waals surface area contributed by atoms with Crippen molar-refractivity contribution < 1.29 is 24.7 Å². The molecular weight excluding hydrogens is 651 g/mol. The first kappa shape index (κ1) is 25.2. The first-order valence-electron chi connectivity index (χ1n) is 11.8. The molecule has 0 radical (unpaired) electrons. The third-order valence-corrected chi connectivity index (χ3v) is 7.10. The summed E-state index contributed by atoms with van der Waals surface area (Å²) in [5.74, 6) is 0. The van der Waals surface area contributed by atoms with Gasteiger partial charge < -0.3 is 9.55 Å². The fourth-order valence-electron chi connectivity index (χ4n) is 4.50. The number of aryl methyl sites for hydroxylation is 2. The van der Waals surface area contributed by atoms with Gasteiger partial charge in [-0.3, -0.25) is 4.57 Å². The molecule has 0 bridgehead atoms. The number of rotatable bonds is 2. The molecule has 7 rings (SSSR count). The Morgan fingerprint density at radius 2 is 1.57 bits per heavy atom. The summed E-state index contributed by atoms with van der Waals surface area (Å²) < 4.78 is 4.31. The summed E-state index contributed by atoms with van der Waals surface area (Å²) in [6, 6.07) is 39.4. The van der Waals surface area contributed by atoms with Crippen LogP contribution in [0.25, 0.3) is 33.7 Å². The van der Waals surface area contributed by atoms with Gasteiger partial charge in [0.15, 0.2) is 0 Å². The van der Waals surface area contributed by atoms with Gasteiger partial charge in [0.2, 0.25) is 0 Å². The van der Waals surface area contributed by atoms with Crippen LogP contribution < -0.4 is 4.57 Å². The molecule has 3 heterocycles. The van der Waals surface area contributed by atoms with Crippen molar-refractivity contribution in [1.29, 1.82) is 0 Å². The summed E-state index contributed by atoms with van der Waals surface area (Å²) in [4.78, 5) is 6.70. The van der Waals surface area contributed by atoms with Crippen LogP contribution in [0.2, 0.25) is 0 Å². The molecule has 0 saturated heterocycles. The van der Waals surface area contributed by atoms with E-state index in [9.17, 15) is 0 Å². The Morgan fingerprint density at radius 1 is 0.784 bits per heavy atom. The average Bonchev–Trinajstić information content (AvgIpc) is 3.31. The quantitative estimate of drug-likeness (QED) is 0.144. The van der Waals surface area contributed by atoms with E-state index in [2.05, 4.69) is 88.9 Å². The van der Waals surface area contributed by atoms with E-state index < -0.39 is 0 Å². The van der Waals surface area contributed by atoms with Gasteiger partial charge in [-0.1, -0.05) is 52.4 Å². The van der Waals surface area contributed by atoms with Crippen molar-refractivity contribution in [1.82, 2.24) is 9.55 Å². The van der Waals surface area contributed by atoms with E-state index in [1.54, 1.807) is 18.0 Å². The molecule has 0 fully saturated rings. The van der Waals surface area contributed by atoms with Crippen LogP contribution in [0.4, 0.5) is 0 Å². The summed E-state index contributed by atoms with van der Waals surface area (Å²) in [7, 11) is 0. The monoisotopic (exact) mass is 674 g/mol. The molecule has 1 aliphatic heterocycles. The van der Waals surface area contributed by atoms with Gasteiger partial charge in [0, 0.05) is 11.1 Å². The SMILES string of the molecule is Cc1cc(C)cc(-n2[c-][n+]3c4c(cccc42)Sc2ccc[c-]c2-3)c1.[Ir+3].[c-]1ccccc1-c1ccccn1. The van der Waals surface area contributed by atoms with Crippen LogP contribution in [0.1, 0.15) is 11.1 Å². The number of nitrogens with zero attached hydrogens (tertiary/aromatic N) is 3. The van der Waals surface area contributed by atoms with Crippen molar-refractivity contribution >= 4 is 22.8 Å². The maximum Gasteiger partial charge on any atom is 3.00 e. The van der Waals surface area contributed by atoms with Gasteiger partial charge in [0.25, 0.3) is 6.33 Å². The largest absolute Gasteiger partial charge is 3.00 e. The van der Waals surface area contributed by atoms with Crippen LogP contribution >= 0.6 is 11.8 Å². The van der Waals surface area contributed by atoms with E-state index in [-0.39, 0.29) is 20.1 Å². The van der Waals surface area contributed by atoms with Crippen molar-refractivity contribution in [2.24, 2.45) is 0 Å². The fourth-order valence-corrected chi connectivity index (χ4v) is 5.57. The van der Waals surface area contributed by atoms with E-state index >= 15 is 0 Å². The maximum absolute atomic E-state index is 4.22. The molecule has 37 heavy (non-hydrogen) atoms. The molecule has 1 aliphatic rings. The molecule has 0 spiro atoms. The zero-order valence-corrected chi connectivity index (χ0v) is 23.6. The summed E-state index contributed by atoms with van der Waals surface area (Å²) in [6.07, 6.45) is 5.34.